The van der Waals surface area contributed by atoms with E-state index in [9.17, 15) is 19.4 Å². The van der Waals surface area contributed by atoms with E-state index in [1.807, 2.05) is 27.2 Å². The third-order valence-corrected chi connectivity index (χ3v) is 8.91. The highest BCUT2D eigenvalue weighted by molar-refractivity contribution is 7.47. The Morgan fingerprint density at radius 2 is 1.22 bits per heavy atom. The van der Waals surface area contributed by atoms with Gasteiger partial charge in [0.1, 0.15) is 13.2 Å². The number of hydrogen-bond acceptors (Lipinski definition) is 5. The van der Waals surface area contributed by atoms with E-state index in [0.717, 1.165) is 38.5 Å². The minimum absolute atomic E-state index is 0.0575. The average molecular weight is 660 g/mol. The number of aliphatic hydroxyl groups is 1. The van der Waals surface area contributed by atoms with Gasteiger partial charge in [-0.1, -0.05) is 134 Å². The maximum absolute atomic E-state index is 12.7. The Hall–Kier alpha value is -1.02. The van der Waals surface area contributed by atoms with Crippen LogP contribution in [0.5, 0.6) is 0 Å². The number of nitrogens with one attached hydrogen (secondary N) is 1. The zero-order valence-corrected chi connectivity index (χ0v) is 30.8. The van der Waals surface area contributed by atoms with Gasteiger partial charge >= 0.3 is 7.82 Å². The standard InChI is InChI=1S/C36H71N2O6P/c1-6-8-10-12-14-16-18-20-21-23-25-27-29-35(39)34(33-44-45(41,42)43-32-31-38(3,4)5)37-36(40)30-28-26-24-22-19-17-15-13-11-9-7-2/h20-21,27,29,34-35,39H,6-19,22-26,28,30-33H2,1-5H3,(H-,37,40,41,42)/p+1/b21-20+,29-27+/t34-,35+/m0/s1. The molecule has 3 atom stereocenters. The first-order valence-electron chi connectivity index (χ1n) is 18.2. The predicted octanol–water partition coefficient (Wildman–Crippen LogP) is 9.02. The highest BCUT2D eigenvalue weighted by Crippen LogP contribution is 2.43. The molecule has 0 saturated carbocycles. The van der Waals surface area contributed by atoms with Crippen molar-refractivity contribution < 1.29 is 32.9 Å². The van der Waals surface area contributed by atoms with Crippen molar-refractivity contribution in [1.29, 1.82) is 0 Å². The second-order valence-corrected chi connectivity index (χ2v) is 15.0. The van der Waals surface area contributed by atoms with Crippen molar-refractivity contribution in [2.75, 3.05) is 40.9 Å². The summed E-state index contributed by atoms with van der Waals surface area (Å²) in [6.07, 6.45) is 31.0. The zero-order chi connectivity index (χ0) is 33.7. The molecule has 45 heavy (non-hydrogen) atoms. The first-order valence-corrected chi connectivity index (χ1v) is 19.7. The number of nitrogens with zero attached hydrogens (tertiary/aromatic N) is 1. The molecule has 3 N–H and O–H groups in total. The Labute approximate surface area is 277 Å². The van der Waals surface area contributed by atoms with Gasteiger partial charge < -0.3 is 19.8 Å². The fourth-order valence-electron chi connectivity index (χ4n) is 4.94. The van der Waals surface area contributed by atoms with Crippen molar-refractivity contribution in [3.8, 4) is 0 Å². The first-order chi connectivity index (χ1) is 21.5. The van der Waals surface area contributed by atoms with Gasteiger partial charge in [-0.05, 0) is 32.1 Å². The van der Waals surface area contributed by atoms with Gasteiger partial charge in [0.2, 0.25) is 5.91 Å². The number of carbonyl (C=O) groups is 1. The van der Waals surface area contributed by atoms with Gasteiger partial charge in [0, 0.05) is 6.42 Å². The van der Waals surface area contributed by atoms with Crippen molar-refractivity contribution in [2.45, 2.75) is 161 Å². The van der Waals surface area contributed by atoms with E-state index in [0.29, 0.717) is 17.4 Å². The van der Waals surface area contributed by atoms with E-state index >= 15 is 0 Å². The molecule has 0 aliphatic heterocycles. The third-order valence-electron chi connectivity index (χ3n) is 7.92. The Morgan fingerprint density at radius 3 is 1.78 bits per heavy atom. The monoisotopic (exact) mass is 660 g/mol. The Kier molecular flexibility index (Phi) is 28.5. The number of hydrogen-bond donors (Lipinski definition) is 3. The SMILES string of the molecule is CCCCCCCC/C=C/CC/C=C/[C@@H](O)[C@H](COP(=O)(O)OCC[N+](C)(C)C)NC(=O)CCCCCCCCCCCCC. The van der Waals surface area contributed by atoms with Gasteiger partial charge in [0.05, 0.1) is 39.9 Å². The Morgan fingerprint density at radius 1 is 0.733 bits per heavy atom. The second kappa shape index (κ2) is 29.1. The lowest BCUT2D eigenvalue weighted by atomic mass is 10.0. The maximum atomic E-state index is 12.7. The summed E-state index contributed by atoms with van der Waals surface area (Å²) in [5, 5.41) is 13.7. The molecule has 0 radical (unpaired) electrons. The minimum atomic E-state index is -4.33. The van der Waals surface area contributed by atoms with E-state index in [1.54, 1.807) is 6.08 Å². The van der Waals surface area contributed by atoms with Crippen LogP contribution in [0.3, 0.4) is 0 Å². The Balaban J connectivity index is 4.64. The normalized spacial score (nSPS) is 15.1. The lowest BCUT2D eigenvalue weighted by molar-refractivity contribution is -0.870. The summed E-state index contributed by atoms with van der Waals surface area (Å²) in [5.74, 6) is -0.191. The van der Waals surface area contributed by atoms with Crippen molar-refractivity contribution in [1.82, 2.24) is 5.32 Å². The molecule has 1 amide bonds. The number of amides is 1. The van der Waals surface area contributed by atoms with Gasteiger partial charge in [-0.3, -0.25) is 13.8 Å². The number of aliphatic hydroxyl groups excluding tert-OH is 1. The van der Waals surface area contributed by atoms with Crippen molar-refractivity contribution in [3.63, 3.8) is 0 Å². The van der Waals surface area contributed by atoms with Crippen LogP contribution < -0.4 is 5.32 Å². The quantitative estimate of drug-likeness (QED) is 0.0288. The summed E-state index contributed by atoms with van der Waals surface area (Å²) in [7, 11) is 1.55. The highest BCUT2D eigenvalue weighted by Gasteiger charge is 2.27. The maximum Gasteiger partial charge on any atom is 0.472 e. The van der Waals surface area contributed by atoms with Crippen molar-refractivity contribution in [3.05, 3.63) is 24.3 Å². The van der Waals surface area contributed by atoms with E-state index in [-0.39, 0.29) is 19.1 Å². The van der Waals surface area contributed by atoms with E-state index in [4.69, 9.17) is 9.05 Å². The molecule has 1 unspecified atom stereocenters. The lowest BCUT2D eigenvalue weighted by Crippen LogP contribution is -2.45. The van der Waals surface area contributed by atoms with Crippen LogP contribution in [0.25, 0.3) is 0 Å². The van der Waals surface area contributed by atoms with Gasteiger partial charge in [-0.2, -0.15) is 0 Å². The highest BCUT2D eigenvalue weighted by atomic mass is 31.2. The lowest BCUT2D eigenvalue weighted by Gasteiger charge is -2.25. The largest absolute Gasteiger partial charge is 0.472 e. The molecule has 0 heterocycles. The minimum Gasteiger partial charge on any atom is -0.387 e. The van der Waals surface area contributed by atoms with Gasteiger partial charge in [0.25, 0.3) is 0 Å². The third kappa shape index (κ3) is 31.4. The van der Waals surface area contributed by atoms with Gasteiger partial charge in [-0.15, -0.1) is 0 Å². The first kappa shape index (κ1) is 44.0. The molecule has 0 saturated heterocycles. The second-order valence-electron chi connectivity index (χ2n) is 13.6. The summed E-state index contributed by atoms with van der Waals surface area (Å²) in [4.78, 5) is 22.9. The number of allylic oxidation sites excluding steroid dienone is 3. The molecule has 0 rings (SSSR count). The fourth-order valence-corrected chi connectivity index (χ4v) is 5.67. The summed E-state index contributed by atoms with van der Waals surface area (Å²) < 4.78 is 23.4. The van der Waals surface area contributed by atoms with Crippen LogP contribution in [-0.4, -0.2) is 73.4 Å². The molecular formula is C36H72N2O6P+. The number of likely N-dealkylation sites (N-methyl/N-ethyl adjacent to an activating group) is 1. The van der Waals surface area contributed by atoms with Crippen LogP contribution in [0.4, 0.5) is 0 Å². The molecule has 0 aliphatic rings. The predicted molar refractivity (Wildman–Crippen MR) is 189 cm³/mol. The summed E-state index contributed by atoms with van der Waals surface area (Å²) in [5.41, 5.74) is 0. The molecule has 266 valence electrons. The number of phosphoric acid groups is 1. The molecule has 0 aromatic heterocycles. The van der Waals surface area contributed by atoms with Crippen LogP contribution in [-0.2, 0) is 18.4 Å². The van der Waals surface area contributed by atoms with Crippen LogP contribution >= 0.6 is 7.82 Å². The van der Waals surface area contributed by atoms with Crippen LogP contribution in [0.2, 0.25) is 0 Å². The van der Waals surface area contributed by atoms with Crippen molar-refractivity contribution >= 4 is 13.7 Å². The van der Waals surface area contributed by atoms with Gasteiger partial charge in [-0.25, -0.2) is 4.57 Å². The van der Waals surface area contributed by atoms with E-state index in [1.165, 1.54) is 89.9 Å². The fraction of sp³-hybridized carbons (Fsp3) is 0.861. The Bertz CT molecular complexity index is 799. The number of rotatable bonds is 32. The molecule has 0 aromatic rings. The number of carbonyl (C=O) groups excluding carboxylic acids is 1. The molecule has 0 fully saturated rings. The van der Waals surface area contributed by atoms with E-state index < -0.39 is 20.0 Å². The van der Waals surface area contributed by atoms with E-state index in [2.05, 4.69) is 31.3 Å². The molecule has 0 spiro atoms. The summed E-state index contributed by atoms with van der Waals surface area (Å²) in [6, 6.07) is -0.854. The topological polar surface area (TPSA) is 105 Å². The smallest absolute Gasteiger partial charge is 0.387 e. The molecular weight excluding hydrogens is 587 g/mol. The van der Waals surface area contributed by atoms with Crippen LogP contribution in [0, 0.1) is 0 Å². The van der Waals surface area contributed by atoms with Crippen molar-refractivity contribution in [2.24, 2.45) is 0 Å². The number of phosphoric ester groups is 1. The summed E-state index contributed by atoms with van der Waals surface area (Å²) in [6.45, 7) is 4.74. The molecule has 0 aliphatic carbocycles. The van der Waals surface area contributed by atoms with Crippen LogP contribution in [0.1, 0.15) is 149 Å². The number of quaternary nitrogens is 1. The number of unbranched alkanes of at least 4 members (excludes halogenated alkanes) is 17. The average Bonchev–Trinajstić information content (AvgIpc) is 2.97. The molecule has 0 bridgehead atoms. The molecule has 8 nitrogen and oxygen atoms in total. The summed E-state index contributed by atoms with van der Waals surface area (Å²) >= 11 is 0. The van der Waals surface area contributed by atoms with Crippen LogP contribution in [0.15, 0.2) is 24.3 Å². The van der Waals surface area contributed by atoms with Gasteiger partial charge in [0.15, 0.2) is 0 Å². The molecule has 9 heteroatoms. The molecule has 0 aromatic carbocycles. The zero-order valence-electron chi connectivity index (χ0n) is 29.9.